The molecule has 7 nitrogen and oxygen atoms in total. The number of amides is 1. The molecular weight excluding hydrogens is 384 g/mol. The normalized spacial score (nSPS) is 13.1. The number of ether oxygens (including phenoxy) is 1. The molecule has 0 fully saturated rings. The lowest BCUT2D eigenvalue weighted by Gasteiger charge is -2.08. The predicted octanol–water partition coefficient (Wildman–Crippen LogP) is 3.40. The van der Waals surface area contributed by atoms with Crippen LogP contribution in [0.25, 0.3) is 0 Å². The summed E-state index contributed by atoms with van der Waals surface area (Å²) >= 11 is 2.82. The predicted molar refractivity (Wildman–Crippen MR) is 107 cm³/mol. The molecule has 1 amide bonds. The standard InChI is InChI=1S/C18H24N4O3S2/c1-5-25-17(24)14-11-7-6-8-12(11)27-16(14)19-13(23)9-26-18-21-20-15(10(2)3)22(18)4/h10H,5-9H2,1-4H3,(H,19,23). The third-order valence-corrected chi connectivity index (χ3v) is 6.60. The zero-order valence-corrected chi connectivity index (χ0v) is 17.6. The molecule has 2 heterocycles. The van der Waals surface area contributed by atoms with E-state index >= 15 is 0 Å². The Hall–Kier alpha value is -1.87. The van der Waals surface area contributed by atoms with Gasteiger partial charge in [0.2, 0.25) is 5.91 Å². The van der Waals surface area contributed by atoms with E-state index in [-0.39, 0.29) is 23.5 Å². The van der Waals surface area contributed by atoms with Gasteiger partial charge in [-0.05, 0) is 31.7 Å². The number of thioether (sulfide) groups is 1. The summed E-state index contributed by atoms with van der Waals surface area (Å²) in [6, 6.07) is 0. The molecule has 27 heavy (non-hydrogen) atoms. The molecule has 3 rings (SSSR count). The van der Waals surface area contributed by atoms with Gasteiger partial charge in [-0.1, -0.05) is 25.6 Å². The lowest BCUT2D eigenvalue weighted by Crippen LogP contribution is -2.17. The minimum absolute atomic E-state index is 0.167. The Balaban J connectivity index is 1.69. The number of thiophene rings is 1. The summed E-state index contributed by atoms with van der Waals surface area (Å²) in [5.74, 6) is 0.840. The second-order valence-electron chi connectivity index (χ2n) is 6.67. The number of rotatable bonds is 7. The van der Waals surface area contributed by atoms with Crippen LogP contribution in [0.4, 0.5) is 5.00 Å². The Labute approximate surface area is 166 Å². The van der Waals surface area contributed by atoms with Crippen molar-refractivity contribution in [3.05, 3.63) is 21.8 Å². The Morgan fingerprint density at radius 2 is 2.11 bits per heavy atom. The van der Waals surface area contributed by atoms with Crippen molar-refractivity contribution in [2.24, 2.45) is 7.05 Å². The monoisotopic (exact) mass is 408 g/mol. The fourth-order valence-electron chi connectivity index (χ4n) is 3.16. The van der Waals surface area contributed by atoms with Crippen molar-refractivity contribution in [1.82, 2.24) is 14.8 Å². The van der Waals surface area contributed by atoms with Gasteiger partial charge in [-0.2, -0.15) is 0 Å². The van der Waals surface area contributed by atoms with Crippen LogP contribution in [-0.4, -0.2) is 39.0 Å². The maximum Gasteiger partial charge on any atom is 0.341 e. The quantitative estimate of drug-likeness (QED) is 0.558. The molecular formula is C18H24N4O3S2. The average Bonchev–Trinajstić information content (AvgIpc) is 3.27. The molecule has 0 saturated carbocycles. The van der Waals surface area contributed by atoms with E-state index in [4.69, 9.17) is 4.74 Å². The van der Waals surface area contributed by atoms with E-state index in [1.807, 2.05) is 11.6 Å². The van der Waals surface area contributed by atoms with Gasteiger partial charge in [-0.25, -0.2) is 4.79 Å². The van der Waals surface area contributed by atoms with Gasteiger partial charge in [0.15, 0.2) is 5.16 Å². The smallest absolute Gasteiger partial charge is 0.341 e. The number of esters is 1. The first-order valence-corrected chi connectivity index (χ1v) is 10.9. The number of hydrogen-bond acceptors (Lipinski definition) is 7. The first kappa shape index (κ1) is 19.9. The van der Waals surface area contributed by atoms with Gasteiger partial charge >= 0.3 is 5.97 Å². The summed E-state index contributed by atoms with van der Waals surface area (Å²) in [6.07, 6.45) is 2.86. The summed E-state index contributed by atoms with van der Waals surface area (Å²) < 4.78 is 7.10. The molecule has 0 aliphatic heterocycles. The fraction of sp³-hybridized carbons (Fsp3) is 0.556. The highest BCUT2D eigenvalue weighted by Gasteiger charge is 2.28. The summed E-state index contributed by atoms with van der Waals surface area (Å²) in [6.45, 7) is 6.21. The van der Waals surface area contributed by atoms with Gasteiger partial charge in [-0.3, -0.25) is 4.79 Å². The average molecular weight is 409 g/mol. The van der Waals surface area contributed by atoms with Gasteiger partial charge in [-0.15, -0.1) is 21.5 Å². The second-order valence-corrected chi connectivity index (χ2v) is 8.72. The molecule has 1 N–H and O–H groups in total. The van der Waals surface area contributed by atoms with E-state index < -0.39 is 0 Å². The molecule has 1 aliphatic carbocycles. The van der Waals surface area contributed by atoms with Crippen LogP contribution in [0.3, 0.4) is 0 Å². The molecule has 1 aliphatic rings. The van der Waals surface area contributed by atoms with Crippen LogP contribution in [0.5, 0.6) is 0 Å². The maximum atomic E-state index is 12.5. The van der Waals surface area contributed by atoms with E-state index in [9.17, 15) is 9.59 Å². The number of aromatic nitrogens is 3. The molecule has 0 spiro atoms. The Morgan fingerprint density at radius 1 is 1.33 bits per heavy atom. The van der Waals surface area contributed by atoms with Crippen molar-refractivity contribution in [3.63, 3.8) is 0 Å². The number of carbonyl (C=O) groups is 2. The Morgan fingerprint density at radius 3 is 2.78 bits per heavy atom. The van der Waals surface area contributed by atoms with Crippen molar-refractivity contribution in [2.75, 3.05) is 17.7 Å². The number of anilines is 1. The first-order chi connectivity index (χ1) is 12.9. The summed E-state index contributed by atoms with van der Waals surface area (Å²) in [5.41, 5.74) is 1.57. The molecule has 0 bridgehead atoms. The minimum Gasteiger partial charge on any atom is -0.462 e. The highest BCUT2D eigenvalue weighted by Crippen LogP contribution is 2.39. The van der Waals surface area contributed by atoms with Crippen molar-refractivity contribution < 1.29 is 14.3 Å². The largest absolute Gasteiger partial charge is 0.462 e. The SMILES string of the molecule is CCOC(=O)c1c(NC(=O)CSc2nnc(C(C)C)n2C)sc2c1CCC2. The van der Waals surface area contributed by atoms with E-state index in [0.29, 0.717) is 22.3 Å². The van der Waals surface area contributed by atoms with Crippen LogP contribution in [-0.2, 0) is 29.4 Å². The molecule has 0 aromatic carbocycles. The highest BCUT2D eigenvalue weighted by molar-refractivity contribution is 7.99. The van der Waals surface area contributed by atoms with Crippen LogP contribution in [0, 0.1) is 0 Å². The number of hydrogen-bond donors (Lipinski definition) is 1. The van der Waals surface area contributed by atoms with Crippen molar-refractivity contribution >= 4 is 40.0 Å². The van der Waals surface area contributed by atoms with Crippen LogP contribution in [0.2, 0.25) is 0 Å². The lowest BCUT2D eigenvalue weighted by atomic mass is 10.1. The van der Waals surface area contributed by atoms with Crippen molar-refractivity contribution in [2.45, 2.75) is 51.1 Å². The van der Waals surface area contributed by atoms with Gasteiger partial charge < -0.3 is 14.6 Å². The van der Waals surface area contributed by atoms with E-state index in [0.717, 1.165) is 30.7 Å². The zero-order valence-electron chi connectivity index (χ0n) is 16.0. The topological polar surface area (TPSA) is 86.1 Å². The van der Waals surface area contributed by atoms with Crippen LogP contribution >= 0.6 is 23.1 Å². The van der Waals surface area contributed by atoms with Crippen LogP contribution in [0.1, 0.15) is 59.7 Å². The lowest BCUT2D eigenvalue weighted by molar-refractivity contribution is -0.113. The molecule has 0 saturated heterocycles. The minimum atomic E-state index is -0.352. The summed E-state index contributed by atoms with van der Waals surface area (Å²) in [7, 11) is 1.90. The number of aryl methyl sites for hydroxylation is 1. The Bertz CT molecular complexity index is 857. The molecule has 2 aromatic heterocycles. The van der Waals surface area contributed by atoms with E-state index in [1.165, 1.54) is 28.0 Å². The molecule has 146 valence electrons. The van der Waals surface area contributed by atoms with Gasteiger partial charge in [0.05, 0.1) is 17.9 Å². The van der Waals surface area contributed by atoms with Crippen LogP contribution < -0.4 is 5.32 Å². The number of fused-ring (bicyclic) bond motifs is 1. The maximum absolute atomic E-state index is 12.5. The molecule has 0 atom stereocenters. The van der Waals surface area contributed by atoms with Crippen LogP contribution in [0.15, 0.2) is 5.16 Å². The number of nitrogens with one attached hydrogen (secondary N) is 1. The Kier molecular flexibility index (Phi) is 6.21. The molecule has 9 heteroatoms. The van der Waals surface area contributed by atoms with Crippen molar-refractivity contribution in [1.29, 1.82) is 0 Å². The summed E-state index contributed by atoms with van der Waals surface area (Å²) in [4.78, 5) is 26.0. The highest BCUT2D eigenvalue weighted by atomic mass is 32.2. The van der Waals surface area contributed by atoms with Gasteiger partial charge in [0, 0.05) is 17.8 Å². The molecule has 0 radical (unpaired) electrons. The summed E-state index contributed by atoms with van der Waals surface area (Å²) in [5, 5.41) is 12.5. The van der Waals surface area contributed by atoms with Gasteiger partial charge in [0.1, 0.15) is 10.8 Å². The van der Waals surface area contributed by atoms with Gasteiger partial charge in [0.25, 0.3) is 0 Å². The third kappa shape index (κ3) is 4.19. The van der Waals surface area contributed by atoms with E-state index in [2.05, 4.69) is 29.4 Å². The first-order valence-electron chi connectivity index (χ1n) is 9.05. The second kappa shape index (κ2) is 8.43. The number of nitrogens with zero attached hydrogens (tertiary/aromatic N) is 3. The molecule has 2 aromatic rings. The molecule has 0 unspecified atom stereocenters. The van der Waals surface area contributed by atoms with E-state index in [1.54, 1.807) is 6.92 Å². The zero-order chi connectivity index (χ0) is 19.6. The third-order valence-electron chi connectivity index (χ3n) is 4.37. The number of carbonyl (C=O) groups excluding carboxylic acids is 2. The fourth-order valence-corrected chi connectivity index (χ4v) is 5.17. The van der Waals surface area contributed by atoms with Crippen molar-refractivity contribution in [3.8, 4) is 0 Å².